The van der Waals surface area contributed by atoms with E-state index in [4.69, 9.17) is 0 Å². The normalized spacial score (nSPS) is 10.3. The van der Waals surface area contributed by atoms with Crippen LogP contribution < -0.4 is 0 Å². The third-order valence-corrected chi connectivity index (χ3v) is 2.92. The van der Waals surface area contributed by atoms with Crippen LogP contribution in [0.15, 0.2) is 42.7 Å². The Morgan fingerprint density at radius 2 is 2.06 bits per heavy atom. The van der Waals surface area contributed by atoms with Gasteiger partial charge in [0.25, 0.3) is 0 Å². The zero-order chi connectivity index (χ0) is 13.0. The summed E-state index contributed by atoms with van der Waals surface area (Å²) in [6, 6.07) is 9.97. The molecule has 94 valence electrons. The molecule has 0 radical (unpaired) electrons. The zero-order valence-corrected chi connectivity index (χ0v) is 10.7. The molecule has 0 aliphatic heterocycles. The van der Waals surface area contributed by atoms with Gasteiger partial charge in [-0.15, -0.1) is 0 Å². The summed E-state index contributed by atoms with van der Waals surface area (Å²) in [4.78, 5) is 17.9. The van der Waals surface area contributed by atoms with E-state index in [2.05, 4.69) is 4.98 Å². The molecule has 0 fully saturated rings. The Kier molecular flexibility index (Phi) is 3.77. The first-order valence-electron chi connectivity index (χ1n) is 5.91. The molecule has 1 aromatic heterocycles. The first kappa shape index (κ1) is 12.4. The Bertz CT molecular complexity index is 519. The summed E-state index contributed by atoms with van der Waals surface area (Å²) in [6.45, 7) is 0.629. The van der Waals surface area contributed by atoms with Crippen LogP contribution in [-0.2, 0) is 24.8 Å². The molecule has 0 aliphatic rings. The van der Waals surface area contributed by atoms with Crippen LogP contribution in [0.2, 0.25) is 0 Å². The molecule has 0 saturated heterocycles. The molecule has 18 heavy (non-hydrogen) atoms. The van der Waals surface area contributed by atoms with Crippen molar-refractivity contribution in [3.05, 3.63) is 54.1 Å². The van der Waals surface area contributed by atoms with Crippen LogP contribution in [0, 0.1) is 0 Å². The number of aryl methyl sites for hydroxylation is 1. The maximum absolute atomic E-state index is 12.0. The quantitative estimate of drug-likeness (QED) is 0.818. The number of rotatable bonds is 4. The Morgan fingerprint density at radius 3 is 2.67 bits per heavy atom. The summed E-state index contributed by atoms with van der Waals surface area (Å²) in [5, 5.41) is 0. The van der Waals surface area contributed by atoms with E-state index in [1.165, 1.54) is 0 Å². The summed E-state index contributed by atoms with van der Waals surface area (Å²) in [7, 11) is 3.71. The molecule has 4 nitrogen and oxygen atoms in total. The number of carbonyl (C=O) groups excluding carboxylic acids is 1. The molecule has 1 amide bonds. The Morgan fingerprint density at radius 1 is 1.33 bits per heavy atom. The summed E-state index contributed by atoms with van der Waals surface area (Å²) in [6.07, 6.45) is 3.90. The van der Waals surface area contributed by atoms with Crippen LogP contribution in [0.5, 0.6) is 0 Å². The average molecular weight is 243 g/mol. The lowest BCUT2D eigenvalue weighted by atomic mass is 10.2. The molecule has 4 heteroatoms. The second kappa shape index (κ2) is 5.49. The maximum atomic E-state index is 12.0. The number of aromatic nitrogens is 2. The Labute approximate surface area is 107 Å². The van der Waals surface area contributed by atoms with Crippen LogP contribution in [0.25, 0.3) is 0 Å². The van der Waals surface area contributed by atoms with Gasteiger partial charge in [-0.05, 0) is 5.56 Å². The lowest BCUT2D eigenvalue weighted by molar-refractivity contribution is -0.129. The van der Waals surface area contributed by atoms with Gasteiger partial charge in [-0.1, -0.05) is 30.3 Å². The van der Waals surface area contributed by atoms with Crippen molar-refractivity contribution in [2.24, 2.45) is 7.05 Å². The van der Waals surface area contributed by atoms with Crippen LogP contribution in [0.3, 0.4) is 0 Å². The summed E-state index contributed by atoms with van der Waals surface area (Å²) in [5.74, 6) is 0.869. The van der Waals surface area contributed by atoms with Gasteiger partial charge in [-0.2, -0.15) is 0 Å². The number of hydrogen-bond donors (Lipinski definition) is 0. The van der Waals surface area contributed by atoms with Crippen LogP contribution in [0.1, 0.15) is 11.4 Å². The van der Waals surface area contributed by atoms with Gasteiger partial charge in [0.2, 0.25) is 5.91 Å². The van der Waals surface area contributed by atoms with Gasteiger partial charge in [0.1, 0.15) is 5.82 Å². The van der Waals surface area contributed by atoms with Crippen molar-refractivity contribution in [2.45, 2.75) is 13.0 Å². The molecule has 0 spiro atoms. The van der Waals surface area contributed by atoms with Crippen molar-refractivity contribution >= 4 is 5.91 Å². The van der Waals surface area contributed by atoms with Crippen molar-refractivity contribution in [2.75, 3.05) is 7.05 Å². The SMILES string of the molecule is CN(Cc1ccccc1)C(=O)Cc1nccn1C. The van der Waals surface area contributed by atoms with E-state index in [9.17, 15) is 4.79 Å². The molecule has 0 atom stereocenters. The Balaban J connectivity index is 1.95. The predicted octanol–water partition coefficient (Wildman–Crippen LogP) is 1.62. The van der Waals surface area contributed by atoms with Crippen molar-refractivity contribution < 1.29 is 4.79 Å². The van der Waals surface area contributed by atoms with E-state index in [0.29, 0.717) is 13.0 Å². The van der Waals surface area contributed by atoms with E-state index in [1.54, 1.807) is 11.1 Å². The Hall–Kier alpha value is -2.10. The lowest BCUT2D eigenvalue weighted by Gasteiger charge is -2.17. The molecule has 0 aliphatic carbocycles. The van der Waals surface area contributed by atoms with E-state index in [1.807, 2.05) is 55.2 Å². The van der Waals surface area contributed by atoms with Gasteiger partial charge in [0.05, 0.1) is 6.42 Å². The first-order chi connectivity index (χ1) is 8.66. The molecule has 0 bridgehead atoms. The molecular weight excluding hydrogens is 226 g/mol. The number of likely N-dealkylation sites (N-methyl/N-ethyl adjacent to an activating group) is 1. The van der Waals surface area contributed by atoms with Gasteiger partial charge in [-0.25, -0.2) is 4.98 Å². The fraction of sp³-hybridized carbons (Fsp3) is 0.286. The standard InChI is InChI=1S/C14H17N3O/c1-16-9-8-15-13(16)10-14(18)17(2)11-12-6-4-3-5-7-12/h3-9H,10-11H2,1-2H3. The second-order valence-corrected chi connectivity index (χ2v) is 4.37. The van der Waals surface area contributed by atoms with Crippen molar-refractivity contribution in [3.63, 3.8) is 0 Å². The minimum atomic E-state index is 0.0770. The summed E-state index contributed by atoms with van der Waals surface area (Å²) < 4.78 is 1.87. The van der Waals surface area contributed by atoms with Crippen molar-refractivity contribution in [1.29, 1.82) is 0 Å². The topological polar surface area (TPSA) is 38.1 Å². The molecule has 1 heterocycles. The summed E-state index contributed by atoms with van der Waals surface area (Å²) in [5.41, 5.74) is 1.13. The molecule has 0 N–H and O–H groups in total. The minimum Gasteiger partial charge on any atom is -0.341 e. The smallest absolute Gasteiger partial charge is 0.230 e. The summed E-state index contributed by atoms with van der Waals surface area (Å²) >= 11 is 0. The number of imidazole rings is 1. The monoisotopic (exact) mass is 243 g/mol. The van der Waals surface area contributed by atoms with Crippen molar-refractivity contribution in [3.8, 4) is 0 Å². The lowest BCUT2D eigenvalue weighted by Crippen LogP contribution is -2.28. The molecule has 2 rings (SSSR count). The predicted molar refractivity (Wildman–Crippen MR) is 69.8 cm³/mol. The third kappa shape index (κ3) is 2.97. The van der Waals surface area contributed by atoms with E-state index < -0.39 is 0 Å². The van der Waals surface area contributed by atoms with Gasteiger partial charge >= 0.3 is 0 Å². The molecule has 2 aromatic rings. The molecule has 1 aromatic carbocycles. The second-order valence-electron chi connectivity index (χ2n) is 4.37. The fourth-order valence-corrected chi connectivity index (χ4v) is 1.78. The number of benzene rings is 1. The van der Waals surface area contributed by atoms with Gasteiger partial charge in [0.15, 0.2) is 0 Å². The highest BCUT2D eigenvalue weighted by Crippen LogP contribution is 2.05. The van der Waals surface area contributed by atoms with Gasteiger partial charge in [0, 0.05) is 33.0 Å². The maximum Gasteiger partial charge on any atom is 0.230 e. The van der Waals surface area contributed by atoms with E-state index in [0.717, 1.165) is 11.4 Å². The first-order valence-corrected chi connectivity index (χ1v) is 5.91. The van der Waals surface area contributed by atoms with Crippen molar-refractivity contribution in [1.82, 2.24) is 14.5 Å². The largest absolute Gasteiger partial charge is 0.341 e. The molecule has 0 unspecified atom stereocenters. The molecule has 0 saturated carbocycles. The van der Waals surface area contributed by atoms with Crippen LogP contribution in [-0.4, -0.2) is 27.4 Å². The highest BCUT2D eigenvalue weighted by atomic mass is 16.2. The van der Waals surface area contributed by atoms with Gasteiger partial charge < -0.3 is 9.47 Å². The number of nitrogens with zero attached hydrogens (tertiary/aromatic N) is 3. The van der Waals surface area contributed by atoms with Crippen LogP contribution in [0.4, 0.5) is 0 Å². The average Bonchev–Trinajstić information content (AvgIpc) is 2.76. The third-order valence-electron chi connectivity index (χ3n) is 2.92. The number of hydrogen-bond acceptors (Lipinski definition) is 2. The fourth-order valence-electron chi connectivity index (χ4n) is 1.78. The number of carbonyl (C=O) groups is 1. The van der Waals surface area contributed by atoms with E-state index in [-0.39, 0.29) is 5.91 Å². The number of amides is 1. The molecular formula is C14H17N3O. The highest BCUT2D eigenvalue weighted by molar-refractivity contribution is 5.77. The zero-order valence-electron chi connectivity index (χ0n) is 10.7. The highest BCUT2D eigenvalue weighted by Gasteiger charge is 2.12. The minimum absolute atomic E-state index is 0.0770. The van der Waals surface area contributed by atoms with Crippen LogP contribution >= 0.6 is 0 Å². The van der Waals surface area contributed by atoms with Gasteiger partial charge in [-0.3, -0.25) is 4.79 Å². The van der Waals surface area contributed by atoms with E-state index >= 15 is 0 Å².